The van der Waals surface area contributed by atoms with E-state index in [9.17, 15) is 14.7 Å². The molecule has 0 aliphatic heterocycles. The molecule has 35 heavy (non-hydrogen) atoms. The summed E-state index contributed by atoms with van der Waals surface area (Å²) in [4.78, 5) is 24.6. The zero-order chi connectivity index (χ0) is 24.8. The fourth-order valence-electron chi connectivity index (χ4n) is 4.45. The molecule has 0 saturated heterocycles. The molecule has 1 amide bonds. The number of carbonyl (C=O) groups excluding carboxylic acids is 1. The summed E-state index contributed by atoms with van der Waals surface area (Å²) < 4.78 is 16.7. The van der Waals surface area contributed by atoms with Crippen LogP contribution in [0.2, 0.25) is 0 Å². The van der Waals surface area contributed by atoms with Gasteiger partial charge in [0, 0.05) is 17.9 Å². The number of carboxylic acids is 1. The Morgan fingerprint density at radius 3 is 2.23 bits per heavy atom. The van der Waals surface area contributed by atoms with E-state index in [0.29, 0.717) is 23.7 Å². The number of ether oxygens (including phenoxy) is 3. The SMILES string of the molecule is CCCOc1c(CC(NC(=O)OCC2c3ccccc3-c3ccccc32)C(=O)O)cccc1OC. The molecule has 0 heterocycles. The first kappa shape index (κ1) is 24.1. The Morgan fingerprint density at radius 2 is 1.63 bits per heavy atom. The van der Waals surface area contributed by atoms with Crippen LogP contribution in [0.5, 0.6) is 11.5 Å². The summed E-state index contributed by atoms with van der Waals surface area (Å²) in [6.45, 7) is 2.55. The van der Waals surface area contributed by atoms with Gasteiger partial charge in [-0.15, -0.1) is 0 Å². The van der Waals surface area contributed by atoms with Crippen LogP contribution in [0.3, 0.4) is 0 Å². The number of alkyl carbamates (subject to hydrolysis) is 1. The average Bonchev–Trinajstić information content (AvgIpc) is 3.19. The molecule has 2 N–H and O–H groups in total. The fraction of sp³-hybridized carbons (Fsp3) is 0.286. The van der Waals surface area contributed by atoms with E-state index in [-0.39, 0.29) is 18.9 Å². The molecule has 1 atom stereocenters. The molecule has 0 bridgehead atoms. The fourth-order valence-corrected chi connectivity index (χ4v) is 4.45. The van der Waals surface area contributed by atoms with Gasteiger partial charge in [-0.25, -0.2) is 9.59 Å². The smallest absolute Gasteiger partial charge is 0.407 e. The minimum Gasteiger partial charge on any atom is -0.493 e. The third-order valence-corrected chi connectivity index (χ3v) is 6.09. The van der Waals surface area contributed by atoms with E-state index in [2.05, 4.69) is 17.4 Å². The highest BCUT2D eigenvalue weighted by atomic mass is 16.5. The summed E-state index contributed by atoms with van der Waals surface area (Å²) >= 11 is 0. The quantitative estimate of drug-likeness (QED) is 0.428. The maximum atomic E-state index is 12.7. The van der Waals surface area contributed by atoms with Gasteiger partial charge in [0.25, 0.3) is 0 Å². The van der Waals surface area contributed by atoms with Crippen molar-refractivity contribution < 1.29 is 28.9 Å². The van der Waals surface area contributed by atoms with Crippen LogP contribution in [-0.2, 0) is 16.0 Å². The minimum absolute atomic E-state index is 0.0236. The lowest BCUT2D eigenvalue weighted by molar-refractivity contribution is -0.139. The number of carbonyl (C=O) groups is 2. The molecule has 182 valence electrons. The van der Waals surface area contributed by atoms with Gasteiger partial charge < -0.3 is 24.6 Å². The van der Waals surface area contributed by atoms with Crippen LogP contribution < -0.4 is 14.8 Å². The van der Waals surface area contributed by atoms with Crippen molar-refractivity contribution in [2.45, 2.75) is 31.7 Å². The second-order valence-corrected chi connectivity index (χ2v) is 8.36. The number of methoxy groups -OCH3 is 1. The first-order valence-electron chi connectivity index (χ1n) is 11.7. The topological polar surface area (TPSA) is 94.1 Å². The van der Waals surface area contributed by atoms with Crippen LogP contribution in [-0.4, -0.2) is 43.5 Å². The van der Waals surface area contributed by atoms with Crippen molar-refractivity contribution >= 4 is 12.1 Å². The predicted octanol–water partition coefficient (Wildman–Crippen LogP) is 5.02. The van der Waals surface area contributed by atoms with Crippen molar-refractivity contribution in [1.29, 1.82) is 0 Å². The largest absolute Gasteiger partial charge is 0.493 e. The van der Waals surface area contributed by atoms with E-state index < -0.39 is 18.1 Å². The van der Waals surface area contributed by atoms with E-state index in [0.717, 1.165) is 28.7 Å². The number of rotatable bonds is 10. The molecule has 0 aromatic heterocycles. The van der Waals surface area contributed by atoms with Crippen molar-refractivity contribution in [2.24, 2.45) is 0 Å². The number of aliphatic carboxylic acids is 1. The lowest BCUT2D eigenvalue weighted by Crippen LogP contribution is -2.43. The number of nitrogens with one attached hydrogen (secondary N) is 1. The monoisotopic (exact) mass is 475 g/mol. The average molecular weight is 476 g/mol. The molecule has 0 saturated carbocycles. The highest BCUT2D eigenvalue weighted by molar-refractivity contribution is 5.81. The van der Waals surface area contributed by atoms with Crippen molar-refractivity contribution in [1.82, 2.24) is 5.32 Å². The van der Waals surface area contributed by atoms with E-state index in [1.807, 2.05) is 43.3 Å². The number of para-hydroxylation sites is 1. The van der Waals surface area contributed by atoms with E-state index >= 15 is 0 Å². The number of hydrogen-bond donors (Lipinski definition) is 2. The summed E-state index contributed by atoms with van der Waals surface area (Å²) in [5, 5.41) is 12.3. The van der Waals surface area contributed by atoms with Gasteiger partial charge in [0.1, 0.15) is 12.6 Å². The van der Waals surface area contributed by atoms with E-state index in [4.69, 9.17) is 14.2 Å². The van der Waals surface area contributed by atoms with Crippen LogP contribution in [0.1, 0.15) is 36.0 Å². The zero-order valence-corrected chi connectivity index (χ0v) is 19.8. The van der Waals surface area contributed by atoms with Gasteiger partial charge in [0.05, 0.1) is 13.7 Å². The Balaban J connectivity index is 1.45. The zero-order valence-electron chi connectivity index (χ0n) is 19.8. The van der Waals surface area contributed by atoms with Gasteiger partial charge >= 0.3 is 12.1 Å². The number of amides is 1. The van der Waals surface area contributed by atoms with Gasteiger partial charge in [-0.05, 0) is 34.7 Å². The molecule has 7 nitrogen and oxygen atoms in total. The van der Waals surface area contributed by atoms with Gasteiger partial charge in [0.15, 0.2) is 11.5 Å². The van der Waals surface area contributed by atoms with Gasteiger partial charge in [-0.2, -0.15) is 0 Å². The van der Waals surface area contributed by atoms with E-state index in [1.54, 1.807) is 18.2 Å². The molecule has 7 heteroatoms. The van der Waals surface area contributed by atoms with Gasteiger partial charge in [-0.1, -0.05) is 67.6 Å². The first-order chi connectivity index (χ1) is 17.0. The molecule has 3 aromatic carbocycles. The Morgan fingerprint density at radius 1 is 0.971 bits per heavy atom. The maximum Gasteiger partial charge on any atom is 0.407 e. The van der Waals surface area contributed by atoms with Crippen molar-refractivity contribution in [3.63, 3.8) is 0 Å². The van der Waals surface area contributed by atoms with Crippen molar-refractivity contribution in [3.05, 3.63) is 83.4 Å². The molecular formula is C28H29NO6. The second-order valence-electron chi connectivity index (χ2n) is 8.36. The number of carboxylic acid groups (broad SMARTS) is 1. The number of benzene rings is 3. The number of fused-ring (bicyclic) bond motifs is 3. The van der Waals surface area contributed by atoms with Gasteiger partial charge in [-0.3, -0.25) is 0 Å². The second kappa shape index (κ2) is 11.0. The number of hydrogen-bond acceptors (Lipinski definition) is 5. The molecule has 0 spiro atoms. The predicted molar refractivity (Wildman–Crippen MR) is 132 cm³/mol. The van der Waals surface area contributed by atoms with Gasteiger partial charge in [0.2, 0.25) is 0 Å². The molecule has 0 radical (unpaired) electrons. The standard InChI is InChI=1S/C28H29NO6/c1-3-15-34-26-18(9-8-14-25(26)33-2)16-24(27(30)31)29-28(32)35-17-23-21-12-6-4-10-19(21)20-11-5-7-13-22(20)23/h4-14,23-24H,3,15-17H2,1-2H3,(H,29,32)(H,30,31). The lowest BCUT2D eigenvalue weighted by atomic mass is 9.98. The molecule has 1 aliphatic carbocycles. The van der Waals surface area contributed by atoms with Crippen LogP contribution in [0.15, 0.2) is 66.7 Å². The van der Waals surface area contributed by atoms with Crippen LogP contribution in [0.25, 0.3) is 11.1 Å². The molecule has 1 aliphatic rings. The highest BCUT2D eigenvalue weighted by Gasteiger charge is 2.30. The first-order valence-corrected chi connectivity index (χ1v) is 11.7. The van der Waals surface area contributed by atoms with Crippen LogP contribution in [0, 0.1) is 0 Å². The highest BCUT2D eigenvalue weighted by Crippen LogP contribution is 2.44. The van der Waals surface area contributed by atoms with Crippen molar-refractivity contribution in [2.75, 3.05) is 20.3 Å². The molecular weight excluding hydrogens is 446 g/mol. The molecule has 1 unspecified atom stereocenters. The normalized spacial score (nSPS) is 12.9. The van der Waals surface area contributed by atoms with Crippen molar-refractivity contribution in [3.8, 4) is 22.6 Å². The summed E-state index contributed by atoms with van der Waals surface area (Å²) in [7, 11) is 1.53. The van der Waals surface area contributed by atoms with Crippen LogP contribution in [0.4, 0.5) is 4.79 Å². The molecule has 3 aromatic rings. The third-order valence-electron chi connectivity index (χ3n) is 6.09. The Kier molecular flexibility index (Phi) is 7.55. The molecule has 4 rings (SSSR count). The maximum absolute atomic E-state index is 12.7. The Bertz CT molecular complexity index is 1160. The summed E-state index contributed by atoms with van der Waals surface area (Å²) in [6.07, 6.45) is 0.0337. The molecule has 0 fully saturated rings. The van der Waals surface area contributed by atoms with E-state index in [1.165, 1.54) is 7.11 Å². The van der Waals surface area contributed by atoms with Crippen LogP contribution >= 0.6 is 0 Å². The summed E-state index contributed by atoms with van der Waals surface area (Å²) in [5.74, 6) is -0.273. The third kappa shape index (κ3) is 5.24. The summed E-state index contributed by atoms with van der Waals surface area (Å²) in [5.41, 5.74) is 5.05. The lowest BCUT2D eigenvalue weighted by Gasteiger charge is -2.19. The Labute approximate surface area is 204 Å². The Hall–Kier alpha value is -4.00. The minimum atomic E-state index is -1.19. The summed E-state index contributed by atoms with van der Waals surface area (Å²) in [6, 6.07) is 20.2.